The molecule has 0 aliphatic heterocycles. The van der Waals surface area contributed by atoms with E-state index in [2.05, 4.69) is 27.3 Å². The highest BCUT2D eigenvalue weighted by Gasteiger charge is 2.09. The molecule has 2 aromatic rings. The zero-order valence-electron chi connectivity index (χ0n) is 11.0. The number of methoxy groups -OCH3 is 1. The molecule has 6 heteroatoms. The summed E-state index contributed by atoms with van der Waals surface area (Å²) in [7, 11) is 1.35. The third-order valence-corrected chi connectivity index (χ3v) is 4.31. The predicted molar refractivity (Wildman–Crippen MR) is 91.3 cm³/mol. The van der Waals surface area contributed by atoms with Gasteiger partial charge in [0.1, 0.15) is 12.4 Å². The van der Waals surface area contributed by atoms with Crippen molar-refractivity contribution in [2.24, 2.45) is 0 Å². The largest absolute Gasteiger partial charge is 0.488 e. The van der Waals surface area contributed by atoms with Gasteiger partial charge in [-0.15, -0.1) is 0 Å². The molecule has 0 aliphatic rings. The van der Waals surface area contributed by atoms with Crippen LogP contribution in [0.15, 0.2) is 36.4 Å². The molecule has 21 heavy (non-hydrogen) atoms. The lowest BCUT2D eigenvalue weighted by Gasteiger charge is -2.10. The smallest absolute Gasteiger partial charge is 0.337 e. The van der Waals surface area contributed by atoms with Crippen LogP contribution in [0.3, 0.4) is 0 Å². The van der Waals surface area contributed by atoms with Crippen molar-refractivity contribution in [3.8, 4) is 5.75 Å². The number of rotatable bonds is 4. The topological polar surface area (TPSA) is 35.5 Å². The Morgan fingerprint density at radius 3 is 2.52 bits per heavy atom. The van der Waals surface area contributed by atoms with Gasteiger partial charge in [-0.05, 0) is 58.5 Å². The van der Waals surface area contributed by atoms with E-state index in [1.165, 1.54) is 7.11 Å². The molecular formula is C15H11Cl2IO3. The minimum absolute atomic E-state index is 0.366. The van der Waals surface area contributed by atoms with Crippen LogP contribution in [0.25, 0.3) is 0 Å². The Bertz CT molecular complexity index is 674. The van der Waals surface area contributed by atoms with Crippen LogP contribution >= 0.6 is 45.8 Å². The van der Waals surface area contributed by atoms with E-state index in [0.29, 0.717) is 28.0 Å². The highest BCUT2D eigenvalue weighted by Crippen LogP contribution is 2.26. The Morgan fingerprint density at radius 2 is 1.90 bits per heavy atom. The van der Waals surface area contributed by atoms with Gasteiger partial charge in [0.05, 0.1) is 26.3 Å². The van der Waals surface area contributed by atoms with Gasteiger partial charge in [-0.3, -0.25) is 0 Å². The van der Waals surface area contributed by atoms with Crippen LogP contribution in [0, 0.1) is 3.57 Å². The Morgan fingerprint density at radius 1 is 1.14 bits per heavy atom. The van der Waals surface area contributed by atoms with Gasteiger partial charge in [-0.25, -0.2) is 4.79 Å². The second-order valence-corrected chi connectivity index (χ2v) is 6.15. The zero-order chi connectivity index (χ0) is 15.4. The molecule has 0 saturated heterocycles. The Hall–Kier alpha value is -0.980. The van der Waals surface area contributed by atoms with Crippen LogP contribution in [-0.4, -0.2) is 13.1 Å². The number of hydrogen-bond acceptors (Lipinski definition) is 3. The lowest BCUT2D eigenvalue weighted by atomic mass is 10.2. The van der Waals surface area contributed by atoms with E-state index in [0.717, 1.165) is 9.13 Å². The van der Waals surface area contributed by atoms with Crippen molar-refractivity contribution < 1.29 is 14.3 Å². The number of halogens is 3. The molecule has 0 fully saturated rings. The van der Waals surface area contributed by atoms with Gasteiger partial charge in [0.2, 0.25) is 0 Å². The van der Waals surface area contributed by atoms with Gasteiger partial charge in [-0.2, -0.15) is 0 Å². The van der Waals surface area contributed by atoms with Crippen molar-refractivity contribution >= 4 is 51.8 Å². The Kier molecular flexibility index (Phi) is 5.72. The third-order valence-electron chi connectivity index (χ3n) is 2.73. The first-order valence-electron chi connectivity index (χ1n) is 5.96. The molecule has 0 aliphatic carbocycles. The molecule has 0 spiro atoms. The van der Waals surface area contributed by atoms with Crippen LogP contribution < -0.4 is 4.74 Å². The summed E-state index contributed by atoms with van der Waals surface area (Å²) in [5.74, 6) is 0.318. The number of ether oxygens (including phenoxy) is 2. The van der Waals surface area contributed by atoms with Gasteiger partial charge in [0.15, 0.2) is 0 Å². The average Bonchev–Trinajstić information content (AvgIpc) is 2.48. The van der Waals surface area contributed by atoms with Gasteiger partial charge in [0.25, 0.3) is 0 Å². The molecule has 3 nitrogen and oxygen atoms in total. The second kappa shape index (κ2) is 7.33. The first-order valence-corrected chi connectivity index (χ1v) is 7.79. The molecule has 0 amide bonds. The Labute approximate surface area is 146 Å². The SMILES string of the molecule is COC(=O)c1ccc(OCc2ccc(Cl)c(Cl)c2)c(I)c1. The van der Waals surface area contributed by atoms with E-state index < -0.39 is 0 Å². The highest BCUT2D eigenvalue weighted by atomic mass is 127. The third kappa shape index (κ3) is 4.25. The van der Waals surface area contributed by atoms with E-state index in [4.69, 9.17) is 27.9 Å². The Balaban J connectivity index is 2.09. The summed E-state index contributed by atoms with van der Waals surface area (Å²) in [5, 5.41) is 1.01. The van der Waals surface area contributed by atoms with E-state index >= 15 is 0 Å². The maximum Gasteiger partial charge on any atom is 0.337 e. The van der Waals surface area contributed by atoms with E-state index in [-0.39, 0.29) is 5.97 Å². The summed E-state index contributed by atoms with van der Waals surface area (Å²) in [4.78, 5) is 11.4. The van der Waals surface area contributed by atoms with Crippen LogP contribution in [-0.2, 0) is 11.3 Å². The monoisotopic (exact) mass is 436 g/mol. The number of benzene rings is 2. The molecule has 0 atom stereocenters. The molecule has 0 unspecified atom stereocenters. The molecule has 2 rings (SSSR count). The number of carbonyl (C=O) groups excluding carboxylic acids is 1. The molecule has 0 N–H and O–H groups in total. The molecule has 2 aromatic carbocycles. The maximum atomic E-state index is 11.4. The van der Waals surface area contributed by atoms with Gasteiger partial charge in [-0.1, -0.05) is 29.3 Å². The molecular weight excluding hydrogens is 426 g/mol. The molecule has 0 heterocycles. The van der Waals surface area contributed by atoms with Crippen molar-refractivity contribution in [3.63, 3.8) is 0 Å². The van der Waals surface area contributed by atoms with Crippen LogP contribution in [0.1, 0.15) is 15.9 Å². The van der Waals surface area contributed by atoms with E-state index in [1.807, 2.05) is 6.07 Å². The summed E-state index contributed by atoms with van der Waals surface area (Å²) in [5.41, 5.74) is 1.40. The number of hydrogen-bond donors (Lipinski definition) is 0. The van der Waals surface area contributed by atoms with Crippen molar-refractivity contribution in [1.29, 1.82) is 0 Å². The fraction of sp³-hybridized carbons (Fsp3) is 0.133. The summed E-state index contributed by atoms with van der Waals surface area (Å²) >= 11 is 13.9. The van der Waals surface area contributed by atoms with Gasteiger partial charge in [0, 0.05) is 0 Å². The summed E-state index contributed by atoms with van der Waals surface area (Å²) in [6, 6.07) is 10.5. The standard InChI is InChI=1S/C15H11Cl2IO3/c1-20-15(19)10-3-5-14(13(18)7-10)21-8-9-2-4-11(16)12(17)6-9/h2-7H,8H2,1H3. The summed E-state index contributed by atoms with van der Waals surface area (Å²) < 4.78 is 11.2. The molecule has 0 saturated carbocycles. The fourth-order valence-electron chi connectivity index (χ4n) is 1.65. The van der Waals surface area contributed by atoms with Crippen LogP contribution in [0.2, 0.25) is 10.0 Å². The molecule has 0 radical (unpaired) electrons. The number of esters is 1. The van der Waals surface area contributed by atoms with Crippen molar-refractivity contribution in [2.45, 2.75) is 6.61 Å². The van der Waals surface area contributed by atoms with Crippen molar-refractivity contribution in [3.05, 3.63) is 61.1 Å². The first kappa shape index (κ1) is 16.4. The van der Waals surface area contributed by atoms with Crippen molar-refractivity contribution in [2.75, 3.05) is 7.11 Å². The quantitative estimate of drug-likeness (QED) is 0.501. The lowest BCUT2D eigenvalue weighted by molar-refractivity contribution is 0.0600. The summed E-state index contributed by atoms with van der Waals surface area (Å²) in [6.45, 7) is 0.366. The summed E-state index contributed by atoms with van der Waals surface area (Å²) in [6.07, 6.45) is 0. The lowest BCUT2D eigenvalue weighted by Crippen LogP contribution is -2.03. The van der Waals surface area contributed by atoms with Crippen LogP contribution in [0.5, 0.6) is 5.75 Å². The van der Waals surface area contributed by atoms with E-state index in [9.17, 15) is 4.79 Å². The van der Waals surface area contributed by atoms with Gasteiger partial charge >= 0.3 is 5.97 Å². The molecule has 110 valence electrons. The highest BCUT2D eigenvalue weighted by molar-refractivity contribution is 14.1. The minimum Gasteiger partial charge on any atom is -0.488 e. The zero-order valence-corrected chi connectivity index (χ0v) is 14.7. The fourth-order valence-corrected chi connectivity index (χ4v) is 2.64. The molecule has 0 bridgehead atoms. The van der Waals surface area contributed by atoms with Gasteiger partial charge < -0.3 is 9.47 Å². The average molecular weight is 437 g/mol. The molecule has 0 aromatic heterocycles. The number of carbonyl (C=O) groups is 1. The first-order chi connectivity index (χ1) is 10.0. The predicted octanol–water partition coefficient (Wildman–Crippen LogP) is 4.96. The second-order valence-electron chi connectivity index (χ2n) is 4.17. The normalized spacial score (nSPS) is 10.3. The van der Waals surface area contributed by atoms with Crippen LogP contribution in [0.4, 0.5) is 0 Å². The maximum absolute atomic E-state index is 11.4. The van der Waals surface area contributed by atoms with E-state index in [1.54, 1.807) is 30.3 Å². The minimum atomic E-state index is -0.371. The van der Waals surface area contributed by atoms with Crippen molar-refractivity contribution in [1.82, 2.24) is 0 Å².